The number of rotatable bonds is 5. The molecule has 13 heavy (non-hydrogen) atoms. The number of nitrogens with two attached hydrogens (primary N) is 1. The van der Waals surface area contributed by atoms with E-state index in [9.17, 15) is 4.79 Å². The van der Waals surface area contributed by atoms with Crippen molar-refractivity contribution in [3.63, 3.8) is 0 Å². The van der Waals surface area contributed by atoms with Crippen molar-refractivity contribution < 1.29 is 14.8 Å². The highest BCUT2D eigenvalue weighted by Crippen LogP contribution is 2.03. The molecule has 0 atom stereocenters. The first kappa shape index (κ1) is 11.9. The van der Waals surface area contributed by atoms with Crippen LogP contribution < -0.4 is 5.32 Å². The van der Waals surface area contributed by atoms with Gasteiger partial charge in [0.2, 0.25) is 0 Å². The standard InChI is InChI=1S/C10H17NO2/c1-4-9(6-7-11-3)8-10(12)13-5-2/h4,6-7,11H,5,8H2,1-3H3/p+1/b7-6-,9-4+. The minimum atomic E-state index is -0.170. The van der Waals surface area contributed by atoms with Gasteiger partial charge >= 0.3 is 5.97 Å². The number of quaternary nitrogens is 1. The molecule has 0 spiro atoms. The second kappa shape index (κ2) is 7.55. The van der Waals surface area contributed by atoms with E-state index in [-0.39, 0.29) is 5.97 Å². The Hall–Kier alpha value is -1.09. The molecule has 0 rings (SSSR count). The summed E-state index contributed by atoms with van der Waals surface area (Å²) in [5.74, 6) is -0.170. The molecule has 0 unspecified atom stereocenters. The quantitative estimate of drug-likeness (QED) is 0.502. The summed E-state index contributed by atoms with van der Waals surface area (Å²) in [7, 11) is 1.94. The van der Waals surface area contributed by atoms with Crippen LogP contribution >= 0.6 is 0 Å². The third-order valence-electron chi connectivity index (χ3n) is 1.53. The van der Waals surface area contributed by atoms with Crippen molar-refractivity contribution in [3.05, 3.63) is 23.9 Å². The molecule has 3 heteroatoms. The first-order valence-corrected chi connectivity index (χ1v) is 4.51. The fourth-order valence-corrected chi connectivity index (χ4v) is 0.856. The minimum absolute atomic E-state index is 0.170. The van der Waals surface area contributed by atoms with Crippen molar-refractivity contribution in [1.82, 2.24) is 0 Å². The van der Waals surface area contributed by atoms with Gasteiger partial charge in [-0.25, -0.2) is 0 Å². The van der Waals surface area contributed by atoms with E-state index in [2.05, 4.69) is 0 Å². The van der Waals surface area contributed by atoms with Crippen LogP contribution in [0.5, 0.6) is 0 Å². The zero-order valence-electron chi connectivity index (χ0n) is 8.54. The Kier molecular flexibility index (Phi) is 6.92. The summed E-state index contributed by atoms with van der Waals surface area (Å²) in [5, 5.41) is 1.93. The Labute approximate surface area is 79.5 Å². The molecule has 0 aromatic rings. The maximum Gasteiger partial charge on any atom is 0.310 e. The fourth-order valence-electron chi connectivity index (χ4n) is 0.856. The molecule has 3 nitrogen and oxygen atoms in total. The van der Waals surface area contributed by atoms with E-state index in [1.165, 1.54) is 0 Å². The molecule has 0 aliphatic heterocycles. The van der Waals surface area contributed by atoms with E-state index < -0.39 is 0 Å². The van der Waals surface area contributed by atoms with Crippen LogP contribution in [0.15, 0.2) is 23.9 Å². The first-order valence-electron chi connectivity index (χ1n) is 4.51. The number of carbonyl (C=O) groups excluding carboxylic acids is 1. The van der Waals surface area contributed by atoms with Crippen LogP contribution in [-0.2, 0) is 9.53 Å². The molecule has 0 aromatic carbocycles. The third-order valence-corrected chi connectivity index (χ3v) is 1.53. The van der Waals surface area contributed by atoms with E-state index in [1.807, 2.05) is 44.6 Å². The summed E-state index contributed by atoms with van der Waals surface area (Å²) in [6.07, 6.45) is 6.09. The number of hydrogen-bond acceptors (Lipinski definition) is 2. The molecule has 0 saturated carbocycles. The van der Waals surface area contributed by atoms with Gasteiger partial charge in [0.05, 0.1) is 26.3 Å². The molecule has 0 amide bonds. The summed E-state index contributed by atoms with van der Waals surface area (Å²) < 4.78 is 4.83. The zero-order valence-corrected chi connectivity index (χ0v) is 8.54. The lowest BCUT2D eigenvalue weighted by Gasteiger charge is -2.01. The van der Waals surface area contributed by atoms with Gasteiger partial charge in [-0.05, 0) is 25.5 Å². The van der Waals surface area contributed by atoms with E-state index in [4.69, 9.17) is 4.74 Å². The van der Waals surface area contributed by atoms with Crippen LogP contribution in [-0.4, -0.2) is 19.6 Å². The maximum atomic E-state index is 11.1. The van der Waals surface area contributed by atoms with Crippen LogP contribution in [0.4, 0.5) is 0 Å². The third kappa shape index (κ3) is 6.11. The van der Waals surface area contributed by atoms with Crippen LogP contribution in [0.1, 0.15) is 20.3 Å². The van der Waals surface area contributed by atoms with Crippen molar-refractivity contribution >= 4 is 5.97 Å². The number of allylic oxidation sites excluding steroid dienone is 2. The Bertz CT molecular complexity index is 207. The van der Waals surface area contributed by atoms with E-state index in [0.29, 0.717) is 13.0 Å². The van der Waals surface area contributed by atoms with Gasteiger partial charge < -0.3 is 10.1 Å². The van der Waals surface area contributed by atoms with Gasteiger partial charge in [0.15, 0.2) is 0 Å². The lowest BCUT2D eigenvalue weighted by molar-refractivity contribution is -0.556. The Morgan fingerprint density at radius 2 is 2.23 bits per heavy atom. The average molecular weight is 184 g/mol. The Morgan fingerprint density at radius 3 is 2.69 bits per heavy atom. The van der Waals surface area contributed by atoms with E-state index in [1.54, 1.807) is 0 Å². The molecule has 0 saturated heterocycles. The maximum absolute atomic E-state index is 11.1. The second-order valence-corrected chi connectivity index (χ2v) is 2.54. The SMILES string of the molecule is C/C=C(\C=C/[NH2+]C)CC(=O)OCC. The summed E-state index contributed by atoms with van der Waals surface area (Å²) >= 11 is 0. The first-order chi connectivity index (χ1) is 6.24. The van der Waals surface area contributed by atoms with Crippen molar-refractivity contribution in [3.8, 4) is 0 Å². The van der Waals surface area contributed by atoms with Gasteiger partial charge in [-0.2, -0.15) is 0 Å². The number of hydrogen-bond donors (Lipinski definition) is 1. The summed E-state index contributed by atoms with van der Waals surface area (Å²) in [6, 6.07) is 0. The summed E-state index contributed by atoms with van der Waals surface area (Å²) in [5.41, 5.74) is 0.983. The largest absolute Gasteiger partial charge is 0.466 e. The van der Waals surface area contributed by atoms with Crippen LogP contribution in [0.3, 0.4) is 0 Å². The number of esters is 1. The van der Waals surface area contributed by atoms with Crippen molar-refractivity contribution in [1.29, 1.82) is 0 Å². The van der Waals surface area contributed by atoms with Gasteiger partial charge in [0, 0.05) is 0 Å². The normalized spacial score (nSPS) is 12.1. The highest BCUT2D eigenvalue weighted by Gasteiger charge is 2.02. The summed E-state index contributed by atoms with van der Waals surface area (Å²) in [4.78, 5) is 11.1. The predicted molar refractivity (Wildman–Crippen MR) is 52.0 cm³/mol. The molecule has 0 radical (unpaired) electrons. The highest BCUT2D eigenvalue weighted by atomic mass is 16.5. The number of ether oxygens (including phenoxy) is 1. The van der Waals surface area contributed by atoms with Crippen molar-refractivity contribution in [2.75, 3.05) is 13.7 Å². The highest BCUT2D eigenvalue weighted by molar-refractivity contribution is 5.73. The van der Waals surface area contributed by atoms with Crippen molar-refractivity contribution in [2.24, 2.45) is 0 Å². The van der Waals surface area contributed by atoms with Gasteiger partial charge in [0.25, 0.3) is 0 Å². The topological polar surface area (TPSA) is 42.9 Å². The monoisotopic (exact) mass is 184 g/mol. The number of carbonyl (C=O) groups is 1. The van der Waals surface area contributed by atoms with E-state index >= 15 is 0 Å². The van der Waals surface area contributed by atoms with Crippen molar-refractivity contribution in [2.45, 2.75) is 20.3 Å². The van der Waals surface area contributed by atoms with Crippen LogP contribution in [0.2, 0.25) is 0 Å². The molecule has 0 aromatic heterocycles. The molecular weight excluding hydrogens is 166 g/mol. The molecule has 0 bridgehead atoms. The molecule has 2 N–H and O–H groups in total. The molecule has 0 heterocycles. The van der Waals surface area contributed by atoms with Gasteiger partial charge in [-0.1, -0.05) is 6.08 Å². The lowest BCUT2D eigenvalue weighted by atomic mass is 10.2. The van der Waals surface area contributed by atoms with E-state index in [0.717, 1.165) is 5.57 Å². The predicted octanol–water partition coefficient (Wildman–Crippen LogP) is 0.593. The zero-order chi connectivity index (χ0) is 10.1. The fraction of sp³-hybridized carbons (Fsp3) is 0.500. The second-order valence-electron chi connectivity index (χ2n) is 2.54. The minimum Gasteiger partial charge on any atom is -0.466 e. The smallest absolute Gasteiger partial charge is 0.310 e. The summed E-state index contributed by atoms with van der Waals surface area (Å²) in [6.45, 7) is 4.16. The average Bonchev–Trinajstić information content (AvgIpc) is 2.12. The van der Waals surface area contributed by atoms with Gasteiger partial charge in [0.1, 0.15) is 0 Å². The molecule has 0 aliphatic rings. The Morgan fingerprint density at radius 1 is 1.54 bits per heavy atom. The Balaban J connectivity index is 3.99. The van der Waals surface area contributed by atoms with Crippen LogP contribution in [0, 0.1) is 0 Å². The molecule has 0 aliphatic carbocycles. The molecule has 0 fully saturated rings. The van der Waals surface area contributed by atoms with Gasteiger partial charge in [-0.15, -0.1) is 0 Å². The molecular formula is C10H18NO2+. The van der Waals surface area contributed by atoms with Crippen LogP contribution in [0.25, 0.3) is 0 Å². The lowest BCUT2D eigenvalue weighted by Crippen LogP contribution is -2.72. The molecule has 74 valence electrons. The van der Waals surface area contributed by atoms with Gasteiger partial charge in [-0.3, -0.25) is 4.79 Å².